The first-order chi connectivity index (χ1) is 56.2. The fraction of sp³-hybridized carbons (Fsp3) is 0.455. The van der Waals surface area contributed by atoms with Gasteiger partial charge in [-0.2, -0.15) is 0 Å². The van der Waals surface area contributed by atoms with Gasteiger partial charge in [-0.1, -0.05) is 181 Å². The van der Waals surface area contributed by atoms with Crippen LogP contribution in [0.1, 0.15) is 99.2 Å². The van der Waals surface area contributed by atoms with E-state index in [-0.39, 0.29) is 28.7 Å². The Bertz CT molecular complexity index is 4500. The molecule has 42 heteroatoms. The number of rotatable bonds is 28. The fourth-order valence-electron chi connectivity index (χ4n) is 9.04. The molecule has 0 saturated heterocycles. The second-order valence-corrected chi connectivity index (χ2v) is 54.6. The van der Waals surface area contributed by atoms with Gasteiger partial charge in [0.15, 0.2) is 22.8 Å². The van der Waals surface area contributed by atoms with E-state index >= 15 is 0 Å². The molecule has 0 fully saturated rings. The second-order valence-electron chi connectivity index (χ2n) is 30.1. The summed E-state index contributed by atoms with van der Waals surface area (Å²) in [6.45, 7) is 42.6. The standard InChI is InChI=1S/C18H26N2O3Si.C17H24N2O3Si.C12H21BrN2O3Si.C6H7BO2.C6H7BrN2O2.C6H15ClOSi.C6H8N2O2.C5H6N2O2.CH3F.BHNS/c1-14-19-16(18(21)22-2)17(15-9-7-6-8-10-15)20(14)13-23-11-12-24(3,4)5;1-13-18-15(17(20)21)16(14-8-6-5-7-9-14)19(13)12-22-10-11-23(2,3)4;1-9-14-10(12(16)17-2)11(13)15(9)8-18-6-7-19(3,4)5;8-7(9)6-4-2-1-3-5-6;1-3-8-4(5(7)9-3)6(10)11-2;1-9(2,3)5-4-8-6-7;1-4-7-3-5(8-4)6(9)10-2;1-3-6-2-4(7-3)5(8)9;1-2;1-2-3/h6-10H,11-13H2,1-5H3;5-9H,10-12H2,1-4H3,(H,20,21);6-8H2,1-5H3;1-5,8-9H;1-2H3,(H,8,9);4-6H2,1-3H3;3H,1-2H3,(H,7,8);2H,1H3,(H,6,7)(H,8,9);1H3;3H/i;;;;;;;;1D;. The molecule has 0 aliphatic heterocycles. The zero-order chi connectivity index (χ0) is 91.7. The molecular weight excluding hydrogens is 1780 g/mol. The monoisotopic (exact) mass is 1890 g/mol. The van der Waals surface area contributed by atoms with E-state index in [2.05, 4.69) is 194 Å². The van der Waals surface area contributed by atoms with Crippen LogP contribution in [0.25, 0.3) is 22.5 Å². The van der Waals surface area contributed by atoms with Crippen LogP contribution in [0.2, 0.25) is 103 Å². The second kappa shape index (κ2) is 57.9. The minimum absolute atomic E-state index is 0.0718. The average molecular weight is 1900 g/mol. The third-order valence-corrected chi connectivity index (χ3v) is 23.8. The first-order valence-corrected chi connectivity index (χ1v) is 54.2. The van der Waals surface area contributed by atoms with Crippen molar-refractivity contribution in [3.63, 3.8) is 0 Å². The van der Waals surface area contributed by atoms with Crippen LogP contribution in [-0.2, 0) is 58.1 Å². The number of aromatic nitrogens is 12. The SMILES string of the molecule is COC(=O)c1cnc(C)[nH]1.COC(=O)c1nc(C)[nH]c1Br.COC(=O)c1nc(C)n(COCC[Si](C)(C)C)c1-c1ccccc1.COC(=O)c1nc(C)n(COCC[Si](C)(C)C)c1Br.C[Si](C)(C)CCOCCl.Cc1nc(C(=O)O)c(-c2ccccc2)n1COCC[Si](C)(C)C.Cc1ncc(C(=O)O)[nH]1.OB(O)c1ccccc1.[2H]CF.[B]=NS. The first kappa shape index (κ1) is 109. The van der Waals surface area contributed by atoms with Crippen LogP contribution in [0, 0.1) is 41.5 Å². The summed E-state index contributed by atoms with van der Waals surface area (Å²) in [7, 11) is 3.13. The number of H-pyrrole nitrogens is 3. The van der Waals surface area contributed by atoms with E-state index in [0.717, 1.165) is 66.4 Å². The van der Waals surface area contributed by atoms with Crippen LogP contribution in [0.3, 0.4) is 0 Å². The molecule has 3 aromatic carbocycles. The number of nitrogens with zero attached hydrogens (tertiary/aromatic N) is 10. The van der Waals surface area contributed by atoms with Gasteiger partial charge in [0.2, 0.25) is 0 Å². The van der Waals surface area contributed by atoms with Gasteiger partial charge < -0.3 is 82.2 Å². The number of carbonyl (C=O) groups excluding carboxylic acids is 4. The third-order valence-electron chi connectivity index (χ3n) is 15.5. The number of hydrogen-bond acceptors (Lipinski definition) is 24. The molecule has 9 rings (SSSR count). The minimum atomic E-state index is -1.34. The van der Waals surface area contributed by atoms with Crippen molar-refractivity contribution >= 4 is 145 Å². The number of carbonyl (C=O) groups is 6. The number of imidazole rings is 6. The number of aromatic carboxylic acids is 2. The Morgan fingerprint density at radius 3 is 1.14 bits per heavy atom. The van der Waals surface area contributed by atoms with Gasteiger partial charge in [-0.3, -0.25) is 8.96 Å². The van der Waals surface area contributed by atoms with E-state index < -0.39 is 76.4 Å². The Hall–Kier alpha value is -8.17. The van der Waals surface area contributed by atoms with Gasteiger partial charge in [-0.15, -0.1) is 0 Å². The molecule has 0 spiro atoms. The van der Waals surface area contributed by atoms with Crippen molar-refractivity contribution in [3.8, 4) is 22.5 Å². The molecule has 6 heterocycles. The number of benzene rings is 3. The fourth-order valence-corrected chi connectivity index (χ4v) is 13.3. The molecule has 0 unspecified atom stereocenters. The van der Waals surface area contributed by atoms with Gasteiger partial charge in [0, 0.05) is 69.8 Å². The van der Waals surface area contributed by atoms with E-state index in [1.54, 1.807) is 52.0 Å². The van der Waals surface area contributed by atoms with Gasteiger partial charge in [-0.25, -0.2) is 58.7 Å². The molecule has 0 aliphatic rings. The van der Waals surface area contributed by atoms with Gasteiger partial charge in [-0.05, 0) is 103 Å². The van der Waals surface area contributed by atoms with Crippen molar-refractivity contribution < 1.29 is 92.7 Å². The number of carboxylic acid groups (broad SMARTS) is 2. The maximum atomic E-state index is 12.1. The zero-order valence-corrected chi connectivity index (χ0v) is 80.9. The maximum absolute atomic E-state index is 12.1. The zero-order valence-electron chi connectivity index (χ0n) is 73.1. The quantitative estimate of drug-likeness (QED) is 0.00564. The van der Waals surface area contributed by atoms with E-state index in [0.29, 0.717) is 87.9 Å². The van der Waals surface area contributed by atoms with Crippen LogP contribution < -0.4 is 5.46 Å². The molecule has 119 heavy (non-hydrogen) atoms. The number of esters is 4. The Balaban J connectivity index is 0.00000138. The van der Waals surface area contributed by atoms with Crippen LogP contribution in [0.5, 0.6) is 0 Å². The summed E-state index contributed by atoms with van der Waals surface area (Å²) < 4.78 is 65.8. The topological polar surface area (TPSA) is 409 Å². The summed E-state index contributed by atoms with van der Waals surface area (Å²) in [6, 6.07) is 32.7. The van der Waals surface area contributed by atoms with Crippen molar-refractivity contribution in [2.45, 2.75) is 164 Å². The number of ether oxygens (including phenoxy) is 8. The molecule has 0 atom stereocenters. The predicted octanol–water partition coefficient (Wildman–Crippen LogP) is 15.7. The van der Waals surface area contributed by atoms with Crippen molar-refractivity contribution in [1.29, 1.82) is 0 Å². The predicted molar refractivity (Wildman–Crippen MR) is 484 cm³/mol. The summed E-state index contributed by atoms with van der Waals surface area (Å²) in [5, 5.41) is 34.9. The number of thiol groups is 1. The summed E-state index contributed by atoms with van der Waals surface area (Å²) in [5.74, 6) is 0.403. The number of nitrogens with one attached hydrogen (secondary N) is 3. The summed E-state index contributed by atoms with van der Waals surface area (Å²) in [5.41, 5.74) is 5.12. The number of carboxylic acids is 2. The number of aryl methyl sites for hydroxylation is 6. The molecule has 1 radical (unpaired) electrons. The molecule has 9 aromatic rings. The van der Waals surface area contributed by atoms with Gasteiger partial charge >= 0.3 is 67.7 Å². The number of halogens is 4. The third kappa shape index (κ3) is 45.3. The normalized spacial score (nSPS) is 10.7. The van der Waals surface area contributed by atoms with Crippen LogP contribution >= 0.6 is 56.3 Å². The molecule has 0 aliphatic carbocycles. The molecule has 0 amide bonds. The summed E-state index contributed by atoms with van der Waals surface area (Å²) >= 11 is 15.0. The Morgan fingerprint density at radius 1 is 0.504 bits per heavy atom. The van der Waals surface area contributed by atoms with Gasteiger partial charge in [0.05, 0.1) is 60.7 Å². The van der Waals surface area contributed by atoms with Crippen molar-refractivity contribution in [2.24, 2.45) is 4.30 Å². The average Bonchev–Trinajstić information content (AvgIpc) is 1.64. The van der Waals surface area contributed by atoms with E-state index in [1.165, 1.54) is 46.9 Å². The van der Waals surface area contributed by atoms with Crippen molar-refractivity contribution in [3.05, 3.63) is 182 Å². The van der Waals surface area contributed by atoms with Crippen LogP contribution in [0.15, 0.2) is 117 Å². The Kier molecular flexibility index (Phi) is 53.0. The molecule has 7 N–H and O–H groups in total. The van der Waals surface area contributed by atoms with Crippen LogP contribution in [0.4, 0.5) is 4.39 Å². The summed E-state index contributed by atoms with van der Waals surface area (Å²) in [6.07, 6.45) is 2.73. The van der Waals surface area contributed by atoms with E-state index in [9.17, 15) is 38.3 Å². The van der Waals surface area contributed by atoms with E-state index in [1.807, 2.05) is 94.3 Å². The number of aromatic amines is 3. The molecule has 0 bridgehead atoms. The van der Waals surface area contributed by atoms with Gasteiger partial charge in [0.25, 0.3) is 0 Å². The molecule has 6 aromatic heterocycles. The van der Waals surface area contributed by atoms with Crippen molar-refractivity contribution in [1.82, 2.24) is 58.6 Å². The van der Waals surface area contributed by atoms with E-state index in [4.69, 9.17) is 51.8 Å². The van der Waals surface area contributed by atoms with Crippen LogP contribution in [-0.4, -0.2) is 230 Å². The molecule has 0 saturated carbocycles. The Morgan fingerprint density at radius 2 is 0.832 bits per heavy atom. The molecule has 31 nitrogen and oxygen atoms in total. The molecular formula is C77H118B2Br2ClFN13O18SSi4. The first-order valence-electron chi connectivity index (χ1n) is 37.6. The van der Waals surface area contributed by atoms with Gasteiger partial charge in [0.1, 0.15) is 81.8 Å². The van der Waals surface area contributed by atoms with Crippen molar-refractivity contribution in [2.75, 3.05) is 68.1 Å². The Labute approximate surface area is 732 Å². The number of methoxy groups -OCH3 is 4. The molecule has 655 valence electrons. The number of hydrogen-bond donors (Lipinski definition) is 8. The summed E-state index contributed by atoms with van der Waals surface area (Å²) in [4.78, 5) is 99.3. The number of alkyl halides is 2.